The quantitative estimate of drug-likeness (QED) is 0.850. The summed E-state index contributed by atoms with van der Waals surface area (Å²) < 4.78 is 13.4. The van der Waals surface area contributed by atoms with Crippen LogP contribution in [0.5, 0.6) is 0 Å². The summed E-state index contributed by atoms with van der Waals surface area (Å²) in [4.78, 5) is 11.9. The molecule has 0 bridgehead atoms. The van der Waals surface area contributed by atoms with Gasteiger partial charge in [0.25, 0.3) is 0 Å². The summed E-state index contributed by atoms with van der Waals surface area (Å²) in [5, 5.41) is 5.51. The van der Waals surface area contributed by atoms with E-state index in [4.69, 9.17) is 0 Å². The maximum atomic E-state index is 13.4. The van der Waals surface area contributed by atoms with Crippen LogP contribution in [0.3, 0.4) is 0 Å². The lowest BCUT2D eigenvalue weighted by Gasteiger charge is -2.15. The minimum absolute atomic E-state index is 0.0375. The number of hydrogen-bond donors (Lipinski definition) is 2. The molecule has 0 aliphatic rings. The van der Waals surface area contributed by atoms with E-state index >= 15 is 0 Å². The topological polar surface area (TPSA) is 41.1 Å². The van der Waals surface area contributed by atoms with Gasteiger partial charge in [0.15, 0.2) is 0 Å². The van der Waals surface area contributed by atoms with Crippen LogP contribution in [0.25, 0.3) is 0 Å². The van der Waals surface area contributed by atoms with Crippen LogP contribution in [0.4, 0.5) is 14.9 Å². The fourth-order valence-corrected chi connectivity index (χ4v) is 2.16. The molecule has 0 aromatic heterocycles. The molecule has 0 fully saturated rings. The third-order valence-corrected chi connectivity index (χ3v) is 3.52. The van der Waals surface area contributed by atoms with E-state index in [0.29, 0.717) is 11.3 Å². The van der Waals surface area contributed by atoms with Crippen molar-refractivity contribution in [1.29, 1.82) is 0 Å². The fraction of sp³-hybridized carbons (Fsp3) is 0.278. The van der Waals surface area contributed by atoms with E-state index in [1.807, 2.05) is 25.1 Å². The number of carbonyl (C=O) groups excluding carboxylic acids is 1. The molecule has 0 radical (unpaired) electrons. The number of anilines is 1. The Morgan fingerprint density at radius 3 is 2.59 bits per heavy atom. The molecule has 22 heavy (non-hydrogen) atoms. The maximum absolute atomic E-state index is 13.4. The molecule has 1 atom stereocenters. The summed E-state index contributed by atoms with van der Waals surface area (Å²) in [5.74, 6) is -0.324. The first kappa shape index (κ1) is 16.0. The lowest BCUT2D eigenvalue weighted by Crippen LogP contribution is -2.36. The maximum Gasteiger partial charge on any atom is 0.319 e. The second-order valence-electron chi connectivity index (χ2n) is 5.49. The van der Waals surface area contributed by atoms with Crippen molar-refractivity contribution < 1.29 is 9.18 Å². The van der Waals surface area contributed by atoms with Crippen LogP contribution in [-0.2, 0) is 6.42 Å². The van der Waals surface area contributed by atoms with Gasteiger partial charge in [-0.1, -0.05) is 36.4 Å². The van der Waals surface area contributed by atoms with Gasteiger partial charge in [-0.2, -0.15) is 0 Å². The molecule has 0 aliphatic carbocycles. The molecule has 0 heterocycles. The smallest absolute Gasteiger partial charge is 0.319 e. The zero-order chi connectivity index (χ0) is 15.9. The molecule has 2 aromatic rings. The van der Waals surface area contributed by atoms with Crippen molar-refractivity contribution in [3.05, 3.63) is 65.5 Å². The average Bonchev–Trinajstić information content (AvgIpc) is 2.50. The number of carbonyl (C=O) groups is 1. The van der Waals surface area contributed by atoms with E-state index in [9.17, 15) is 9.18 Å². The molecule has 0 unspecified atom stereocenters. The Labute approximate surface area is 130 Å². The van der Waals surface area contributed by atoms with Crippen molar-refractivity contribution in [2.75, 3.05) is 5.32 Å². The first-order valence-corrected chi connectivity index (χ1v) is 7.42. The standard InChI is InChI=1S/C18H21FN2O/c1-13-8-11-16(12-17(13)19)21-18(22)20-14(2)9-10-15-6-4-3-5-7-15/h3-8,11-12,14H,9-10H2,1-2H3,(H2,20,21,22)/t14-/m0/s1. The number of amides is 2. The van der Waals surface area contributed by atoms with E-state index < -0.39 is 0 Å². The van der Waals surface area contributed by atoms with Gasteiger partial charge in [0, 0.05) is 11.7 Å². The normalized spacial score (nSPS) is 11.8. The Morgan fingerprint density at radius 2 is 1.91 bits per heavy atom. The molecule has 0 spiro atoms. The van der Waals surface area contributed by atoms with Crippen LogP contribution < -0.4 is 10.6 Å². The Hall–Kier alpha value is -2.36. The summed E-state index contributed by atoms with van der Waals surface area (Å²) in [6.07, 6.45) is 1.75. The third-order valence-electron chi connectivity index (χ3n) is 3.52. The molecule has 2 N–H and O–H groups in total. The SMILES string of the molecule is Cc1ccc(NC(=O)N[C@@H](C)CCc2ccccc2)cc1F. The van der Waals surface area contributed by atoms with Gasteiger partial charge in [0.1, 0.15) is 5.82 Å². The number of rotatable bonds is 5. The summed E-state index contributed by atoms with van der Waals surface area (Å²) in [5.41, 5.74) is 2.26. The van der Waals surface area contributed by atoms with Crippen molar-refractivity contribution >= 4 is 11.7 Å². The number of urea groups is 1. The first-order valence-electron chi connectivity index (χ1n) is 7.42. The van der Waals surface area contributed by atoms with E-state index in [2.05, 4.69) is 22.8 Å². The molecular formula is C18H21FN2O. The van der Waals surface area contributed by atoms with Crippen LogP contribution in [-0.4, -0.2) is 12.1 Å². The van der Waals surface area contributed by atoms with Gasteiger partial charge in [0.05, 0.1) is 0 Å². The second kappa shape index (κ2) is 7.59. The largest absolute Gasteiger partial charge is 0.335 e. The van der Waals surface area contributed by atoms with Crippen molar-refractivity contribution in [2.45, 2.75) is 32.7 Å². The molecule has 0 saturated carbocycles. The van der Waals surface area contributed by atoms with Gasteiger partial charge >= 0.3 is 6.03 Å². The molecule has 116 valence electrons. The molecule has 2 rings (SSSR count). The van der Waals surface area contributed by atoms with Gasteiger partial charge in [-0.3, -0.25) is 0 Å². The summed E-state index contributed by atoms with van der Waals surface area (Å²) >= 11 is 0. The van der Waals surface area contributed by atoms with Crippen LogP contribution in [0, 0.1) is 12.7 Å². The molecule has 3 nitrogen and oxygen atoms in total. The third kappa shape index (κ3) is 4.88. The number of hydrogen-bond acceptors (Lipinski definition) is 1. The molecule has 0 saturated heterocycles. The number of aryl methyl sites for hydroxylation is 2. The zero-order valence-corrected chi connectivity index (χ0v) is 12.9. The van der Waals surface area contributed by atoms with Gasteiger partial charge in [-0.05, 0) is 49.9 Å². The summed E-state index contributed by atoms with van der Waals surface area (Å²) in [7, 11) is 0. The molecule has 2 aromatic carbocycles. The summed E-state index contributed by atoms with van der Waals surface area (Å²) in [6.45, 7) is 3.64. The minimum Gasteiger partial charge on any atom is -0.335 e. The number of halogens is 1. The lowest BCUT2D eigenvalue weighted by molar-refractivity contribution is 0.248. The van der Waals surface area contributed by atoms with Crippen LogP contribution in [0.15, 0.2) is 48.5 Å². The Balaban J connectivity index is 1.79. The average molecular weight is 300 g/mol. The first-order chi connectivity index (χ1) is 10.5. The van der Waals surface area contributed by atoms with Crippen LogP contribution in [0.1, 0.15) is 24.5 Å². The van der Waals surface area contributed by atoms with E-state index in [-0.39, 0.29) is 17.9 Å². The highest BCUT2D eigenvalue weighted by atomic mass is 19.1. The highest BCUT2D eigenvalue weighted by molar-refractivity contribution is 5.89. The van der Waals surface area contributed by atoms with Crippen molar-refractivity contribution in [1.82, 2.24) is 5.32 Å². The Morgan fingerprint density at radius 1 is 1.18 bits per heavy atom. The highest BCUT2D eigenvalue weighted by Gasteiger charge is 2.08. The van der Waals surface area contributed by atoms with E-state index in [0.717, 1.165) is 12.8 Å². The second-order valence-corrected chi connectivity index (χ2v) is 5.49. The molecule has 4 heteroatoms. The predicted octanol–water partition coefficient (Wildman–Crippen LogP) is 4.28. The van der Waals surface area contributed by atoms with Gasteiger partial charge in [-0.15, -0.1) is 0 Å². The van der Waals surface area contributed by atoms with Crippen molar-refractivity contribution in [3.8, 4) is 0 Å². The Kier molecular flexibility index (Phi) is 5.53. The number of nitrogens with one attached hydrogen (secondary N) is 2. The van der Waals surface area contributed by atoms with Crippen molar-refractivity contribution in [2.24, 2.45) is 0 Å². The van der Waals surface area contributed by atoms with Gasteiger partial charge in [-0.25, -0.2) is 9.18 Å². The minimum atomic E-state index is -0.324. The molecular weight excluding hydrogens is 279 g/mol. The van der Waals surface area contributed by atoms with Crippen LogP contribution in [0.2, 0.25) is 0 Å². The van der Waals surface area contributed by atoms with Gasteiger partial charge < -0.3 is 10.6 Å². The van der Waals surface area contributed by atoms with E-state index in [1.54, 1.807) is 19.1 Å². The van der Waals surface area contributed by atoms with Crippen LogP contribution >= 0.6 is 0 Å². The molecule has 0 aliphatic heterocycles. The predicted molar refractivity (Wildman–Crippen MR) is 87.5 cm³/mol. The highest BCUT2D eigenvalue weighted by Crippen LogP contribution is 2.13. The van der Waals surface area contributed by atoms with Gasteiger partial charge in [0.2, 0.25) is 0 Å². The van der Waals surface area contributed by atoms with E-state index in [1.165, 1.54) is 11.6 Å². The Bertz CT molecular complexity index is 628. The fourth-order valence-electron chi connectivity index (χ4n) is 2.16. The van der Waals surface area contributed by atoms with Crippen molar-refractivity contribution in [3.63, 3.8) is 0 Å². The monoisotopic (exact) mass is 300 g/mol. The number of benzene rings is 2. The summed E-state index contributed by atoms with van der Waals surface area (Å²) in [6, 6.07) is 14.5. The molecule has 2 amide bonds. The lowest BCUT2D eigenvalue weighted by atomic mass is 10.1. The zero-order valence-electron chi connectivity index (χ0n) is 12.9.